The molecule has 4 saturated carbocycles. The monoisotopic (exact) mass is 388 g/mol. The molecule has 8 atom stereocenters. The lowest BCUT2D eigenvalue weighted by atomic mass is 9.44. The molecule has 4 rings (SSSR count). The van der Waals surface area contributed by atoms with E-state index < -0.39 is 0 Å². The van der Waals surface area contributed by atoms with E-state index >= 15 is 0 Å². The summed E-state index contributed by atoms with van der Waals surface area (Å²) >= 11 is 0. The van der Waals surface area contributed by atoms with Gasteiger partial charge in [-0.15, -0.1) is 0 Å². The van der Waals surface area contributed by atoms with Crippen molar-refractivity contribution >= 4 is 11.8 Å². The number of fused-ring (bicyclic) bond motifs is 5. The molecule has 28 heavy (non-hydrogen) atoms. The summed E-state index contributed by atoms with van der Waals surface area (Å²) in [5.74, 6) is 5.01. The van der Waals surface area contributed by atoms with E-state index in [-0.39, 0.29) is 5.97 Å². The summed E-state index contributed by atoms with van der Waals surface area (Å²) in [7, 11) is 1.50. The summed E-state index contributed by atoms with van der Waals surface area (Å²) in [6.07, 6.45) is 12.4. The highest BCUT2D eigenvalue weighted by Crippen LogP contribution is 2.68. The van der Waals surface area contributed by atoms with Crippen molar-refractivity contribution in [3.63, 3.8) is 0 Å². The molecule has 0 unspecified atom stereocenters. The highest BCUT2D eigenvalue weighted by atomic mass is 16.5. The van der Waals surface area contributed by atoms with Crippen LogP contribution in [-0.4, -0.2) is 18.9 Å². The Morgan fingerprint density at radius 1 is 1.07 bits per heavy atom. The van der Waals surface area contributed by atoms with Crippen LogP contribution in [0.2, 0.25) is 0 Å². The van der Waals surface area contributed by atoms with Crippen LogP contribution in [0.15, 0.2) is 0 Å². The normalized spacial score (nSPS) is 46.3. The number of hydrogen-bond donors (Lipinski definition) is 0. The van der Waals surface area contributed by atoms with Crippen LogP contribution >= 0.6 is 0 Å². The molecule has 0 aromatic heterocycles. The molecule has 0 aliphatic heterocycles. The first-order chi connectivity index (χ1) is 13.3. The maximum atomic E-state index is 12.1. The molecule has 0 spiro atoms. The number of carbonyl (C=O) groups is 2. The molecular weight excluding hydrogens is 348 g/mol. The van der Waals surface area contributed by atoms with E-state index in [9.17, 15) is 9.59 Å². The largest absolute Gasteiger partial charge is 0.469 e. The second kappa shape index (κ2) is 7.43. The molecule has 3 nitrogen and oxygen atoms in total. The minimum Gasteiger partial charge on any atom is -0.469 e. The second-order valence-corrected chi connectivity index (χ2v) is 11.2. The van der Waals surface area contributed by atoms with Crippen molar-refractivity contribution in [1.29, 1.82) is 0 Å². The molecule has 0 heterocycles. The van der Waals surface area contributed by atoms with Gasteiger partial charge in [0, 0.05) is 19.3 Å². The Kier molecular flexibility index (Phi) is 5.42. The summed E-state index contributed by atoms with van der Waals surface area (Å²) in [6, 6.07) is 0. The lowest BCUT2D eigenvalue weighted by Crippen LogP contribution is -2.53. The number of carbonyl (C=O) groups excluding carboxylic acids is 2. The van der Waals surface area contributed by atoms with Crippen LogP contribution in [0.3, 0.4) is 0 Å². The van der Waals surface area contributed by atoms with Crippen molar-refractivity contribution in [2.45, 2.75) is 91.4 Å². The molecule has 0 radical (unpaired) electrons. The Bertz CT molecular complexity index is 627. The standard InChI is InChI=1S/C25H40O3/c1-16(5-10-23(27)28-4)20-8-9-21-19-7-6-17-15-18(26)11-13-24(17,2)22(19)12-14-25(20,21)3/h16-17,19-22H,5-15H2,1-4H3/t16-,17+,19-,20+,21+,22+,24-,25+/m0/s1. The van der Waals surface area contributed by atoms with E-state index in [1.165, 1.54) is 45.6 Å². The molecule has 0 N–H and O–H groups in total. The van der Waals surface area contributed by atoms with Gasteiger partial charge in [0.2, 0.25) is 0 Å². The third-order valence-corrected chi connectivity index (χ3v) is 10.3. The summed E-state index contributed by atoms with van der Waals surface area (Å²) in [4.78, 5) is 23.7. The van der Waals surface area contributed by atoms with Gasteiger partial charge < -0.3 is 4.74 Å². The van der Waals surface area contributed by atoms with Crippen molar-refractivity contribution in [3.05, 3.63) is 0 Å². The number of Topliss-reactive ketones (excluding diaryl/α,β-unsaturated/α-hetero) is 1. The van der Waals surface area contributed by atoms with E-state index in [2.05, 4.69) is 20.8 Å². The lowest BCUT2D eigenvalue weighted by molar-refractivity contribution is -0.141. The van der Waals surface area contributed by atoms with Crippen molar-refractivity contribution < 1.29 is 14.3 Å². The fourth-order valence-corrected chi connectivity index (χ4v) is 8.67. The number of esters is 1. The maximum absolute atomic E-state index is 12.1. The summed E-state index contributed by atoms with van der Waals surface area (Å²) < 4.78 is 4.87. The Labute approximate surface area is 171 Å². The predicted octanol–water partition coefficient (Wildman–Crippen LogP) is 5.80. The molecule has 3 heteroatoms. The number of rotatable bonds is 4. The molecule has 4 aliphatic carbocycles. The van der Waals surface area contributed by atoms with Gasteiger partial charge in [0.15, 0.2) is 0 Å². The molecule has 0 bridgehead atoms. The van der Waals surface area contributed by atoms with Crippen LogP contribution in [0.5, 0.6) is 0 Å². The molecule has 0 aromatic carbocycles. The van der Waals surface area contributed by atoms with Crippen molar-refractivity contribution in [3.8, 4) is 0 Å². The fraction of sp³-hybridized carbons (Fsp3) is 0.920. The van der Waals surface area contributed by atoms with Crippen LogP contribution < -0.4 is 0 Å². The number of hydrogen-bond acceptors (Lipinski definition) is 3. The Morgan fingerprint density at radius 2 is 1.82 bits per heavy atom. The van der Waals surface area contributed by atoms with Gasteiger partial charge in [-0.25, -0.2) is 0 Å². The summed E-state index contributed by atoms with van der Waals surface area (Å²) in [6.45, 7) is 7.49. The predicted molar refractivity (Wildman–Crippen MR) is 111 cm³/mol. The van der Waals surface area contributed by atoms with Crippen LogP contribution in [0, 0.1) is 46.3 Å². The van der Waals surface area contributed by atoms with Crippen LogP contribution in [0.1, 0.15) is 91.4 Å². The smallest absolute Gasteiger partial charge is 0.305 e. The zero-order valence-electron chi connectivity index (χ0n) is 18.5. The van der Waals surface area contributed by atoms with Crippen molar-refractivity contribution in [2.24, 2.45) is 46.3 Å². The third-order valence-electron chi connectivity index (χ3n) is 10.3. The minimum absolute atomic E-state index is 0.0617. The highest BCUT2D eigenvalue weighted by Gasteiger charge is 2.60. The van der Waals surface area contributed by atoms with E-state index in [4.69, 9.17) is 4.74 Å². The number of methoxy groups -OCH3 is 1. The first-order valence-electron chi connectivity index (χ1n) is 11.9. The zero-order valence-corrected chi connectivity index (χ0v) is 18.5. The highest BCUT2D eigenvalue weighted by molar-refractivity contribution is 5.79. The van der Waals surface area contributed by atoms with E-state index in [0.717, 1.165) is 49.4 Å². The second-order valence-electron chi connectivity index (χ2n) is 11.2. The van der Waals surface area contributed by atoms with Crippen molar-refractivity contribution in [2.75, 3.05) is 7.11 Å². The maximum Gasteiger partial charge on any atom is 0.305 e. The van der Waals surface area contributed by atoms with Gasteiger partial charge in [0.05, 0.1) is 7.11 Å². The van der Waals surface area contributed by atoms with Gasteiger partial charge in [-0.05, 0) is 97.7 Å². The first kappa shape index (κ1) is 20.4. The number of ketones is 1. The molecule has 0 saturated heterocycles. The molecule has 0 aromatic rings. The summed E-state index contributed by atoms with van der Waals surface area (Å²) in [5.41, 5.74) is 0.858. The lowest BCUT2D eigenvalue weighted by Gasteiger charge is -2.60. The van der Waals surface area contributed by atoms with Gasteiger partial charge >= 0.3 is 5.97 Å². The molecular formula is C25H40O3. The average molecular weight is 389 g/mol. The van der Waals surface area contributed by atoms with E-state index in [0.29, 0.717) is 34.9 Å². The molecule has 4 aliphatic rings. The quantitative estimate of drug-likeness (QED) is 0.571. The van der Waals surface area contributed by atoms with Gasteiger partial charge in [-0.3, -0.25) is 9.59 Å². The molecule has 4 fully saturated rings. The van der Waals surface area contributed by atoms with E-state index in [1.807, 2.05) is 0 Å². The van der Waals surface area contributed by atoms with Crippen LogP contribution in [0.25, 0.3) is 0 Å². The van der Waals surface area contributed by atoms with Crippen molar-refractivity contribution in [1.82, 2.24) is 0 Å². The molecule has 0 amide bonds. The number of ether oxygens (including phenoxy) is 1. The summed E-state index contributed by atoms with van der Waals surface area (Å²) in [5, 5.41) is 0. The average Bonchev–Trinajstić information content (AvgIpc) is 3.03. The van der Waals surface area contributed by atoms with Crippen LogP contribution in [0.4, 0.5) is 0 Å². The molecule has 158 valence electrons. The van der Waals surface area contributed by atoms with Gasteiger partial charge in [-0.2, -0.15) is 0 Å². The van der Waals surface area contributed by atoms with Gasteiger partial charge in [-0.1, -0.05) is 20.8 Å². The Hall–Kier alpha value is -0.860. The van der Waals surface area contributed by atoms with Gasteiger partial charge in [0.1, 0.15) is 5.78 Å². The Balaban J connectivity index is 1.49. The zero-order chi connectivity index (χ0) is 20.1. The van der Waals surface area contributed by atoms with E-state index in [1.54, 1.807) is 0 Å². The van der Waals surface area contributed by atoms with Gasteiger partial charge in [0.25, 0.3) is 0 Å². The van der Waals surface area contributed by atoms with Crippen LogP contribution in [-0.2, 0) is 14.3 Å². The first-order valence-corrected chi connectivity index (χ1v) is 11.9. The Morgan fingerprint density at radius 3 is 2.57 bits per heavy atom. The minimum atomic E-state index is -0.0617. The SMILES string of the molecule is COC(=O)CC[C@H](C)[C@H]1CC[C@@H]2[C@@H]3CC[C@@H]4CC(=O)CC[C@]4(C)[C@@H]3CC[C@@]21C. The third kappa shape index (κ3) is 3.16. The topological polar surface area (TPSA) is 43.4 Å². The fourth-order valence-electron chi connectivity index (χ4n) is 8.67.